The van der Waals surface area contributed by atoms with Crippen LogP contribution in [-0.2, 0) is 6.42 Å². The van der Waals surface area contributed by atoms with Gasteiger partial charge in [-0.25, -0.2) is 22.0 Å². The lowest BCUT2D eigenvalue weighted by Gasteiger charge is -2.29. The van der Waals surface area contributed by atoms with Gasteiger partial charge >= 0.3 is 0 Å². The number of rotatable bonds is 6. The van der Waals surface area contributed by atoms with Crippen molar-refractivity contribution in [1.82, 2.24) is 0 Å². The van der Waals surface area contributed by atoms with Gasteiger partial charge < -0.3 is 0 Å². The molecule has 0 bridgehead atoms. The molecule has 0 heterocycles. The summed E-state index contributed by atoms with van der Waals surface area (Å²) in [6.07, 6.45) is 7.26. The van der Waals surface area contributed by atoms with Gasteiger partial charge in [-0.05, 0) is 72.9 Å². The van der Waals surface area contributed by atoms with Crippen LogP contribution in [0.25, 0.3) is 0 Å². The van der Waals surface area contributed by atoms with Crippen molar-refractivity contribution in [3.8, 4) is 0 Å². The molecule has 1 aliphatic carbocycles. The standard InChI is InChI=1S/C23H25F5/c1-2-3-4-14-5-7-16(8-6-14)17-12-19(24)18(20(25)13-17)9-15-10-21(26)23(28)22(27)11-15/h10-14,16H,2-9H2,1H3. The molecule has 1 aliphatic rings. The van der Waals surface area contributed by atoms with Crippen LogP contribution in [-0.4, -0.2) is 0 Å². The predicted molar refractivity (Wildman–Crippen MR) is 99.7 cm³/mol. The van der Waals surface area contributed by atoms with E-state index in [1.54, 1.807) is 0 Å². The third kappa shape index (κ3) is 4.73. The van der Waals surface area contributed by atoms with Gasteiger partial charge in [-0.2, -0.15) is 0 Å². The Morgan fingerprint density at radius 3 is 1.89 bits per heavy atom. The van der Waals surface area contributed by atoms with Gasteiger partial charge in [0.2, 0.25) is 0 Å². The van der Waals surface area contributed by atoms with Crippen molar-refractivity contribution >= 4 is 0 Å². The van der Waals surface area contributed by atoms with Crippen LogP contribution in [0.1, 0.15) is 74.5 Å². The van der Waals surface area contributed by atoms with E-state index in [-0.39, 0.29) is 23.5 Å². The molecule has 3 rings (SSSR count). The third-order valence-corrected chi connectivity index (χ3v) is 5.87. The van der Waals surface area contributed by atoms with Crippen LogP contribution < -0.4 is 0 Å². The molecule has 5 heteroatoms. The van der Waals surface area contributed by atoms with Gasteiger partial charge in [0, 0.05) is 12.0 Å². The zero-order valence-corrected chi connectivity index (χ0v) is 16.0. The summed E-state index contributed by atoms with van der Waals surface area (Å²) in [5, 5.41) is 0. The SMILES string of the molecule is CCCCC1CCC(c2cc(F)c(Cc3cc(F)c(F)c(F)c3)c(F)c2)CC1. The lowest BCUT2D eigenvalue weighted by molar-refractivity contribution is 0.303. The normalized spacial score (nSPS) is 19.8. The van der Waals surface area contributed by atoms with Gasteiger partial charge in [-0.15, -0.1) is 0 Å². The molecule has 0 radical (unpaired) electrons. The van der Waals surface area contributed by atoms with Gasteiger partial charge in [-0.3, -0.25) is 0 Å². The fourth-order valence-corrected chi connectivity index (χ4v) is 4.22. The monoisotopic (exact) mass is 396 g/mol. The molecule has 2 aromatic carbocycles. The highest BCUT2D eigenvalue weighted by atomic mass is 19.2. The van der Waals surface area contributed by atoms with Gasteiger partial charge in [0.05, 0.1) is 0 Å². The maximum Gasteiger partial charge on any atom is 0.194 e. The molecular weight excluding hydrogens is 371 g/mol. The lowest BCUT2D eigenvalue weighted by atomic mass is 9.77. The molecule has 1 fully saturated rings. The predicted octanol–water partition coefficient (Wildman–Crippen LogP) is 7.44. The van der Waals surface area contributed by atoms with E-state index < -0.39 is 29.1 Å². The maximum absolute atomic E-state index is 14.6. The zero-order chi connectivity index (χ0) is 20.3. The Morgan fingerprint density at radius 2 is 1.36 bits per heavy atom. The summed E-state index contributed by atoms with van der Waals surface area (Å²) in [4.78, 5) is 0. The Morgan fingerprint density at radius 1 is 0.786 bits per heavy atom. The van der Waals surface area contributed by atoms with Crippen molar-refractivity contribution in [1.29, 1.82) is 0 Å². The largest absolute Gasteiger partial charge is 0.207 e. The molecule has 2 aromatic rings. The van der Waals surface area contributed by atoms with Crippen LogP contribution in [0.4, 0.5) is 22.0 Å². The Kier molecular flexibility index (Phi) is 6.73. The molecule has 0 nitrogen and oxygen atoms in total. The molecular formula is C23H25F5. The molecule has 0 atom stereocenters. The van der Waals surface area contributed by atoms with Crippen molar-refractivity contribution in [2.45, 2.75) is 64.2 Å². The van der Waals surface area contributed by atoms with Gasteiger partial charge in [0.1, 0.15) is 11.6 Å². The summed E-state index contributed by atoms with van der Waals surface area (Å²) in [5.74, 6) is -4.94. The van der Waals surface area contributed by atoms with E-state index in [4.69, 9.17) is 0 Å². The van der Waals surface area contributed by atoms with Crippen LogP contribution in [0.5, 0.6) is 0 Å². The Bertz CT molecular complexity index is 776. The zero-order valence-electron chi connectivity index (χ0n) is 16.0. The molecule has 28 heavy (non-hydrogen) atoms. The average molecular weight is 396 g/mol. The Balaban J connectivity index is 1.73. The summed E-state index contributed by atoms with van der Waals surface area (Å²) in [5.41, 5.74) is 0.369. The van der Waals surface area contributed by atoms with Crippen LogP contribution in [0, 0.1) is 35.0 Å². The number of hydrogen-bond acceptors (Lipinski definition) is 0. The second kappa shape index (κ2) is 9.06. The fraction of sp³-hybridized carbons (Fsp3) is 0.478. The highest BCUT2D eigenvalue weighted by molar-refractivity contribution is 5.33. The van der Waals surface area contributed by atoms with Gasteiger partial charge in [0.25, 0.3) is 0 Å². The average Bonchev–Trinajstić information content (AvgIpc) is 2.67. The van der Waals surface area contributed by atoms with Crippen molar-refractivity contribution in [2.24, 2.45) is 5.92 Å². The van der Waals surface area contributed by atoms with Gasteiger partial charge in [0.15, 0.2) is 17.5 Å². The van der Waals surface area contributed by atoms with E-state index in [1.165, 1.54) is 31.4 Å². The summed E-state index contributed by atoms with van der Waals surface area (Å²) in [6.45, 7) is 2.17. The minimum absolute atomic E-state index is 0.0154. The summed E-state index contributed by atoms with van der Waals surface area (Å²) in [7, 11) is 0. The molecule has 0 saturated heterocycles. The first-order valence-corrected chi connectivity index (χ1v) is 10.00. The molecule has 1 saturated carbocycles. The van der Waals surface area contributed by atoms with E-state index in [2.05, 4.69) is 6.92 Å². The third-order valence-electron chi connectivity index (χ3n) is 5.87. The maximum atomic E-state index is 14.6. The molecule has 0 unspecified atom stereocenters. The van der Waals surface area contributed by atoms with Crippen LogP contribution >= 0.6 is 0 Å². The first-order valence-electron chi connectivity index (χ1n) is 10.00. The van der Waals surface area contributed by atoms with Crippen LogP contribution in [0.2, 0.25) is 0 Å². The number of unbranched alkanes of at least 4 members (excludes halogenated alkanes) is 1. The fourth-order valence-electron chi connectivity index (χ4n) is 4.22. The van der Waals surface area contributed by atoms with Crippen molar-refractivity contribution in [3.63, 3.8) is 0 Å². The summed E-state index contributed by atoms with van der Waals surface area (Å²) >= 11 is 0. The molecule has 0 aliphatic heterocycles. The molecule has 152 valence electrons. The number of halogens is 5. The summed E-state index contributed by atoms with van der Waals surface area (Å²) in [6, 6.07) is 4.21. The Labute approximate surface area is 162 Å². The smallest absolute Gasteiger partial charge is 0.194 e. The van der Waals surface area contributed by atoms with Gasteiger partial charge in [-0.1, -0.05) is 26.2 Å². The molecule has 0 amide bonds. The van der Waals surface area contributed by atoms with E-state index in [0.29, 0.717) is 11.5 Å². The lowest BCUT2D eigenvalue weighted by Crippen LogP contribution is -2.14. The van der Waals surface area contributed by atoms with Crippen molar-refractivity contribution in [2.75, 3.05) is 0 Å². The molecule has 0 aromatic heterocycles. The van der Waals surface area contributed by atoms with E-state index >= 15 is 0 Å². The van der Waals surface area contributed by atoms with Crippen molar-refractivity contribution < 1.29 is 22.0 Å². The van der Waals surface area contributed by atoms with Crippen molar-refractivity contribution in [3.05, 3.63) is 70.0 Å². The first kappa shape index (κ1) is 20.8. The summed E-state index contributed by atoms with van der Waals surface area (Å²) < 4.78 is 68.9. The van der Waals surface area contributed by atoms with E-state index in [9.17, 15) is 22.0 Å². The van der Waals surface area contributed by atoms with Crippen LogP contribution in [0.15, 0.2) is 24.3 Å². The van der Waals surface area contributed by atoms with Crippen LogP contribution in [0.3, 0.4) is 0 Å². The highest BCUT2D eigenvalue weighted by Gasteiger charge is 2.24. The second-order valence-corrected chi connectivity index (χ2v) is 7.87. The molecule has 0 N–H and O–H groups in total. The Hall–Kier alpha value is -1.91. The number of hydrogen-bond donors (Lipinski definition) is 0. The number of benzene rings is 2. The minimum Gasteiger partial charge on any atom is -0.207 e. The topological polar surface area (TPSA) is 0 Å². The quantitative estimate of drug-likeness (QED) is 0.352. The first-order chi connectivity index (χ1) is 13.4. The van der Waals surface area contributed by atoms with E-state index in [0.717, 1.165) is 37.8 Å². The molecule has 0 spiro atoms. The van der Waals surface area contributed by atoms with E-state index in [1.807, 2.05) is 0 Å². The highest BCUT2D eigenvalue weighted by Crippen LogP contribution is 2.38. The minimum atomic E-state index is -1.59. The second-order valence-electron chi connectivity index (χ2n) is 7.87.